The first kappa shape index (κ1) is 23.2. The monoisotopic (exact) mass is 441 g/mol. The predicted octanol–water partition coefficient (Wildman–Crippen LogP) is 4.52. The van der Waals surface area contributed by atoms with Crippen molar-refractivity contribution >= 4 is 20.9 Å². The van der Waals surface area contributed by atoms with Crippen molar-refractivity contribution in [3.63, 3.8) is 0 Å². The van der Waals surface area contributed by atoms with E-state index in [9.17, 15) is 13.2 Å². The normalized spacial score (nSPS) is 13.3. The summed E-state index contributed by atoms with van der Waals surface area (Å²) in [4.78, 5) is 18.2. The molecule has 0 bridgehead atoms. The summed E-state index contributed by atoms with van der Waals surface area (Å²) in [5, 5.41) is 0.541. The highest BCUT2D eigenvalue weighted by Gasteiger charge is 2.34. The third-order valence-corrected chi connectivity index (χ3v) is 7.30. The van der Waals surface area contributed by atoms with Gasteiger partial charge in [0.2, 0.25) is 10.0 Å². The Labute approximate surface area is 184 Å². The van der Waals surface area contributed by atoms with Gasteiger partial charge in [0.05, 0.1) is 21.8 Å². The maximum atomic E-state index is 13.7. The van der Waals surface area contributed by atoms with E-state index in [1.165, 1.54) is 4.31 Å². The first-order valence-corrected chi connectivity index (χ1v) is 12.2. The molecule has 0 spiro atoms. The van der Waals surface area contributed by atoms with Gasteiger partial charge in [0.25, 0.3) is 5.56 Å². The van der Waals surface area contributed by atoms with Crippen LogP contribution in [0.15, 0.2) is 58.2 Å². The number of aromatic nitrogens is 2. The second-order valence-electron chi connectivity index (χ2n) is 8.24. The summed E-state index contributed by atoms with van der Waals surface area (Å²) >= 11 is 0. The number of hydrogen-bond donors (Lipinski definition) is 0. The van der Waals surface area contributed by atoms with Crippen molar-refractivity contribution in [2.45, 2.75) is 58.5 Å². The summed E-state index contributed by atoms with van der Waals surface area (Å²) in [7, 11) is -3.79. The van der Waals surface area contributed by atoms with Crippen molar-refractivity contribution in [3.8, 4) is 0 Å². The quantitative estimate of drug-likeness (QED) is 0.515. The van der Waals surface area contributed by atoms with Gasteiger partial charge >= 0.3 is 0 Å². The van der Waals surface area contributed by atoms with Gasteiger partial charge in [0, 0.05) is 13.1 Å². The molecule has 3 aromatic rings. The standard InChI is InChI=1S/C24H31N3O3S/c1-6-22(23-25-21-11-9-8-10-20(21)24(28)26(23)7-2)27(16-17(3)4)31(29,30)19-14-12-18(5)13-15-19/h8-15,17,22H,6-7,16H2,1-5H3. The number of rotatable bonds is 8. The third kappa shape index (κ3) is 4.57. The van der Waals surface area contributed by atoms with E-state index < -0.39 is 16.1 Å². The first-order valence-electron chi connectivity index (χ1n) is 10.8. The molecule has 3 rings (SSSR count). The maximum Gasteiger partial charge on any atom is 0.261 e. The smallest absolute Gasteiger partial charge is 0.261 e. The van der Waals surface area contributed by atoms with Gasteiger partial charge in [-0.3, -0.25) is 9.36 Å². The van der Waals surface area contributed by atoms with E-state index >= 15 is 0 Å². The number of nitrogens with zero attached hydrogens (tertiary/aromatic N) is 3. The molecule has 1 atom stereocenters. The van der Waals surface area contributed by atoms with Crippen LogP contribution >= 0.6 is 0 Å². The van der Waals surface area contributed by atoms with E-state index in [2.05, 4.69) is 0 Å². The number of benzene rings is 2. The molecular formula is C24H31N3O3S. The lowest BCUT2D eigenvalue weighted by molar-refractivity contribution is 0.270. The molecule has 31 heavy (non-hydrogen) atoms. The number of fused-ring (bicyclic) bond motifs is 1. The van der Waals surface area contributed by atoms with Crippen LogP contribution in [0, 0.1) is 12.8 Å². The maximum absolute atomic E-state index is 13.7. The van der Waals surface area contributed by atoms with Gasteiger partial charge in [-0.1, -0.05) is 50.6 Å². The summed E-state index contributed by atoms with van der Waals surface area (Å²) in [6, 6.07) is 13.6. The molecule has 1 unspecified atom stereocenters. The Morgan fingerprint density at radius 3 is 2.26 bits per heavy atom. The van der Waals surface area contributed by atoms with Gasteiger partial charge in [-0.05, 0) is 50.5 Å². The van der Waals surface area contributed by atoms with Crippen LogP contribution in [0.3, 0.4) is 0 Å². The molecule has 6 nitrogen and oxygen atoms in total. The van der Waals surface area contributed by atoms with Crippen LogP contribution in [0.2, 0.25) is 0 Å². The van der Waals surface area contributed by atoms with Crippen molar-refractivity contribution in [2.24, 2.45) is 5.92 Å². The minimum Gasteiger partial charge on any atom is -0.295 e. The molecule has 1 heterocycles. The minimum absolute atomic E-state index is 0.108. The van der Waals surface area contributed by atoms with Gasteiger partial charge in [-0.15, -0.1) is 0 Å². The topological polar surface area (TPSA) is 72.3 Å². The summed E-state index contributed by atoms with van der Waals surface area (Å²) in [5.74, 6) is 0.599. The summed E-state index contributed by atoms with van der Waals surface area (Å²) in [6.07, 6.45) is 0.503. The predicted molar refractivity (Wildman–Crippen MR) is 125 cm³/mol. The minimum atomic E-state index is -3.79. The zero-order valence-corrected chi connectivity index (χ0v) is 19.7. The van der Waals surface area contributed by atoms with Gasteiger partial charge < -0.3 is 0 Å². The zero-order chi connectivity index (χ0) is 22.8. The van der Waals surface area contributed by atoms with E-state index in [4.69, 9.17) is 4.98 Å². The molecule has 0 fully saturated rings. The zero-order valence-electron chi connectivity index (χ0n) is 18.9. The van der Waals surface area contributed by atoms with Gasteiger partial charge in [0.15, 0.2) is 0 Å². The largest absolute Gasteiger partial charge is 0.295 e. The summed E-state index contributed by atoms with van der Waals surface area (Å²) in [6.45, 7) is 10.5. The fourth-order valence-electron chi connectivity index (χ4n) is 3.86. The average Bonchev–Trinajstić information content (AvgIpc) is 2.74. The lowest BCUT2D eigenvalue weighted by atomic mass is 10.1. The van der Waals surface area contributed by atoms with Crippen molar-refractivity contribution in [2.75, 3.05) is 6.54 Å². The van der Waals surface area contributed by atoms with Crippen LogP contribution in [0.25, 0.3) is 10.9 Å². The number of aryl methyl sites for hydroxylation is 1. The molecule has 0 saturated heterocycles. The highest BCUT2D eigenvalue weighted by atomic mass is 32.2. The molecule has 2 aromatic carbocycles. The van der Waals surface area contributed by atoms with Gasteiger partial charge in [-0.2, -0.15) is 4.31 Å². The Balaban J connectivity index is 2.23. The Morgan fingerprint density at radius 2 is 1.68 bits per heavy atom. The molecule has 0 amide bonds. The van der Waals surface area contributed by atoms with E-state index in [1.807, 2.05) is 46.8 Å². The highest BCUT2D eigenvalue weighted by Crippen LogP contribution is 2.31. The lowest BCUT2D eigenvalue weighted by Crippen LogP contribution is -2.40. The molecule has 0 aliphatic carbocycles. The highest BCUT2D eigenvalue weighted by molar-refractivity contribution is 7.89. The SMILES string of the molecule is CCC(c1nc2ccccc2c(=O)n1CC)N(CC(C)C)S(=O)(=O)c1ccc(C)cc1. The fraction of sp³-hybridized carbons (Fsp3) is 0.417. The Bertz CT molecular complexity index is 1220. The Kier molecular flexibility index (Phi) is 6.96. The van der Waals surface area contributed by atoms with Crippen LogP contribution in [0.4, 0.5) is 0 Å². The van der Waals surface area contributed by atoms with E-state index in [0.717, 1.165) is 5.56 Å². The molecule has 0 saturated carbocycles. The molecular weight excluding hydrogens is 410 g/mol. The molecule has 0 N–H and O–H groups in total. The molecule has 166 valence electrons. The van der Waals surface area contributed by atoms with E-state index in [-0.39, 0.29) is 16.4 Å². The van der Waals surface area contributed by atoms with Crippen molar-refractivity contribution in [1.82, 2.24) is 13.9 Å². The first-order chi connectivity index (χ1) is 14.7. The molecule has 1 aromatic heterocycles. The third-order valence-electron chi connectivity index (χ3n) is 5.41. The van der Waals surface area contributed by atoms with Crippen LogP contribution < -0.4 is 5.56 Å². The molecule has 7 heteroatoms. The Morgan fingerprint density at radius 1 is 1.03 bits per heavy atom. The van der Waals surface area contributed by atoms with Crippen LogP contribution in [-0.4, -0.2) is 28.8 Å². The van der Waals surface area contributed by atoms with E-state index in [0.29, 0.717) is 36.2 Å². The van der Waals surface area contributed by atoms with Crippen molar-refractivity contribution < 1.29 is 8.42 Å². The summed E-state index contributed by atoms with van der Waals surface area (Å²) < 4.78 is 30.5. The number of hydrogen-bond acceptors (Lipinski definition) is 4. The van der Waals surface area contributed by atoms with Crippen molar-refractivity contribution in [3.05, 3.63) is 70.3 Å². The van der Waals surface area contributed by atoms with Gasteiger partial charge in [-0.25, -0.2) is 13.4 Å². The Hall–Kier alpha value is -2.51. The van der Waals surface area contributed by atoms with Crippen molar-refractivity contribution in [1.29, 1.82) is 0 Å². The van der Waals surface area contributed by atoms with Gasteiger partial charge in [0.1, 0.15) is 5.82 Å². The molecule has 0 aliphatic rings. The lowest BCUT2D eigenvalue weighted by Gasteiger charge is -2.32. The fourth-order valence-corrected chi connectivity index (χ4v) is 5.68. The van der Waals surface area contributed by atoms with Crippen LogP contribution in [0.1, 0.15) is 51.5 Å². The average molecular weight is 442 g/mol. The molecule has 0 aliphatic heterocycles. The molecule has 0 radical (unpaired) electrons. The second kappa shape index (κ2) is 9.32. The number of sulfonamides is 1. The van der Waals surface area contributed by atoms with E-state index in [1.54, 1.807) is 41.0 Å². The second-order valence-corrected chi connectivity index (χ2v) is 10.1. The van der Waals surface area contributed by atoms with Crippen LogP contribution in [0.5, 0.6) is 0 Å². The summed E-state index contributed by atoms with van der Waals surface area (Å²) in [5.41, 5.74) is 1.44. The van der Waals surface area contributed by atoms with Crippen LogP contribution in [-0.2, 0) is 16.6 Å². The number of para-hydroxylation sites is 1.